The lowest BCUT2D eigenvalue weighted by Gasteiger charge is -2.37. The Balaban J connectivity index is 0.982. The minimum atomic E-state index is -1.12. The van der Waals surface area contributed by atoms with Gasteiger partial charge in [-0.15, -0.1) is 0 Å². The minimum absolute atomic E-state index is 0.00701. The number of aromatic nitrogens is 4. The van der Waals surface area contributed by atoms with E-state index >= 15 is 0 Å². The van der Waals surface area contributed by atoms with E-state index in [0.29, 0.717) is 53.8 Å². The largest absolute Gasteiger partial charge is 0.379 e. The van der Waals surface area contributed by atoms with Gasteiger partial charge < -0.3 is 30.4 Å². The molecule has 2 aromatic heterocycles. The number of fused-ring (bicyclic) bond motifs is 1. The van der Waals surface area contributed by atoms with E-state index in [-0.39, 0.29) is 41.4 Å². The number of likely N-dealkylation sites (tertiary alicyclic amines) is 1. The number of hydrogen-bond acceptors (Lipinski definition) is 9. The van der Waals surface area contributed by atoms with Crippen molar-refractivity contribution in [2.45, 2.75) is 43.5 Å². The predicted molar refractivity (Wildman–Crippen MR) is 194 cm³/mol. The van der Waals surface area contributed by atoms with Crippen molar-refractivity contribution >= 4 is 50.2 Å². The summed E-state index contributed by atoms with van der Waals surface area (Å²) >= 11 is 3.42. The Kier molecular flexibility index (Phi) is 9.30. The number of rotatable bonds is 6. The smallest absolute Gasteiger partial charge is 0.329 e. The van der Waals surface area contributed by atoms with E-state index in [4.69, 9.17) is 0 Å². The van der Waals surface area contributed by atoms with Crippen molar-refractivity contribution in [3.05, 3.63) is 85.1 Å². The summed E-state index contributed by atoms with van der Waals surface area (Å²) in [5.74, 6) is 0.0489. The molecular formula is C35H42BrN9O5. The fourth-order valence-corrected chi connectivity index (χ4v) is 8.13. The van der Waals surface area contributed by atoms with Gasteiger partial charge in [-0.05, 0) is 77.6 Å². The zero-order chi connectivity index (χ0) is 35.3. The number of likely N-dealkylation sites (N-methyl/N-ethyl adjacent to an activating group) is 1. The van der Waals surface area contributed by atoms with Crippen molar-refractivity contribution in [2.24, 2.45) is 14.1 Å². The first-order valence-corrected chi connectivity index (χ1v) is 17.8. The average molecular weight is 749 g/mol. The Hall–Kier alpha value is -4.47. The monoisotopic (exact) mass is 747 g/mol. The summed E-state index contributed by atoms with van der Waals surface area (Å²) in [7, 11) is 5.43. The zero-order valence-corrected chi connectivity index (χ0v) is 30.0. The van der Waals surface area contributed by atoms with Crippen LogP contribution in [0.25, 0.3) is 11.0 Å². The molecule has 3 fully saturated rings. The van der Waals surface area contributed by atoms with E-state index < -0.39 is 12.3 Å². The Morgan fingerprint density at radius 3 is 2.44 bits per heavy atom. The highest BCUT2D eigenvalue weighted by Gasteiger charge is 2.32. The number of carbonyl (C=O) groups is 2. The topological polar surface area (TPSA) is 150 Å². The molecule has 15 heteroatoms. The second-order valence-corrected chi connectivity index (χ2v) is 14.5. The number of halogens is 1. The van der Waals surface area contributed by atoms with Crippen LogP contribution in [-0.2, 0) is 18.9 Å². The fourth-order valence-electron chi connectivity index (χ4n) is 7.65. The van der Waals surface area contributed by atoms with Crippen molar-refractivity contribution in [3.63, 3.8) is 0 Å². The van der Waals surface area contributed by atoms with Gasteiger partial charge in [-0.2, -0.15) is 5.10 Å². The number of aliphatic hydroxyl groups is 1. The molecule has 2 aromatic carbocycles. The molecule has 0 aliphatic carbocycles. The van der Waals surface area contributed by atoms with Gasteiger partial charge in [0.2, 0.25) is 5.91 Å². The molecule has 4 aromatic rings. The maximum absolute atomic E-state index is 13.5. The van der Waals surface area contributed by atoms with Crippen LogP contribution in [0, 0.1) is 0 Å². The summed E-state index contributed by atoms with van der Waals surface area (Å²) in [6, 6.07) is 13.4. The van der Waals surface area contributed by atoms with Crippen LogP contribution in [0.2, 0.25) is 0 Å². The normalized spacial score (nSPS) is 23.3. The van der Waals surface area contributed by atoms with E-state index in [9.17, 15) is 24.3 Å². The van der Waals surface area contributed by atoms with Gasteiger partial charge in [0.1, 0.15) is 10.7 Å². The van der Waals surface area contributed by atoms with E-state index in [1.165, 1.54) is 10.2 Å². The molecule has 0 bridgehead atoms. The third-order valence-electron chi connectivity index (χ3n) is 10.4. The summed E-state index contributed by atoms with van der Waals surface area (Å²) in [4.78, 5) is 57.2. The second kappa shape index (κ2) is 13.7. The highest BCUT2D eigenvalue weighted by Crippen LogP contribution is 2.31. The third-order valence-corrected chi connectivity index (χ3v) is 11.1. The van der Waals surface area contributed by atoms with E-state index in [1.807, 2.05) is 35.2 Å². The lowest BCUT2D eigenvalue weighted by Crippen LogP contribution is -2.48. The number of imidazole rings is 1. The molecule has 50 heavy (non-hydrogen) atoms. The van der Waals surface area contributed by atoms with E-state index in [1.54, 1.807) is 29.4 Å². The van der Waals surface area contributed by atoms with Crippen molar-refractivity contribution in [3.8, 4) is 0 Å². The summed E-state index contributed by atoms with van der Waals surface area (Å²) in [6.45, 7) is 4.18. The van der Waals surface area contributed by atoms with Gasteiger partial charge in [-0.1, -0.05) is 12.1 Å². The fraction of sp³-hybridized carbons (Fsp3) is 0.457. The molecule has 0 spiro atoms. The number of piperazine rings is 1. The van der Waals surface area contributed by atoms with Gasteiger partial charge in [0.25, 0.3) is 11.5 Å². The van der Waals surface area contributed by atoms with Gasteiger partial charge in [-0.25, -0.2) is 9.48 Å². The molecule has 0 saturated carbocycles. The van der Waals surface area contributed by atoms with Gasteiger partial charge in [0, 0.05) is 77.1 Å². The molecule has 14 nitrogen and oxygen atoms in total. The van der Waals surface area contributed by atoms with E-state index in [0.717, 1.165) is 30.7 Å². The minimum Gasteiger partial charge on any atom is -0.379 e. The number of aliphatic hydroxyl groups excluding tert-OH is 1. The lowest BCUT2D eigenvalue weighted by atomic mass is 9.87. The number of hydrogen-bond donors (Lipinski definition) is 3. The number of piperidine rings is 2. The van der Waals surface area contributed by atoms with Gasteiger partial charge >= 0.3 is 5.69 Å². The average Bonchev–Trinajstić information content (AvgIpc) is 3.36. The number of anilines is 2. The Morgan fingerprint density at radius 1 is 0.980 bits per heavy atom. The third kappa shape index (κ3) is 6.44. The first-order valence-electron chi connectivity index (χ1n) is 17.0. The summed E-state index contributed by atoms with van der Waals surface area (Å²) < 4.78 is 4.94. The molecular weight excluding hydrogens is 706 g/mol. The number of carbonyl (C=O) groups excluding carboxylic acids is 2. The van der Waals surface area contributed by atoms with Crippen molar-refractivity contribution in [1.29, 1.82) is 0 Å². The summed E-state index contributed by atoms with van der Waals surface area (Å²) in [5, 5.41) is 20.7. The molecule has 2 amide bonds. The van der Waals surface area contributed by atoms with Crippen LogP contribution in [0.1, 0.15) is 47.1 Å². The van der Waals surface area contributed by atoms with Gasteiger partial charge in [0.05, 0.1) is 29.0 Å². The van der Waals surface area contributed by atoms with Gasteiger partial charge in [0.15, 0.2) is 0 Å². The van der Waals surface area contributed by atoms with Crippen molar-refractivity contribution < 1.29 is 14.7 Å². The quantitative estimate of drug-likeness (QED) is 0.269. The molecule has 3 aliphatic rings. The molecule has 3 aliphatic heterocycles. The molecule has 3 saturated heterocycles. The van der Waals surface area contributed by atoms with Gasteiger partial charge in [-0.3, -0.25) is 23.5 Å². The standard InChI is InChI=1S/C35H42BrN9O5/c1-40-19-23(16-24(20-40)38-26-18-37-42(3)34(49)31(26)36)21-4-6-22(7-5-21)33(48)44-14-12-43(13-15-44)25-8-9-27-29(17-25)41(2)35(50)45(27)28-10-11-30(46)39-32(28)47/h4-9,17-18,23-24,28,32,38,47H,10-16,19-20H2,1-3H3,(H,39,46)/t23-,24+,28?,32?/m1/s1. The van der Waals surface area contributed by atoms with Crippen LogP contribution in [0.4, 0.5) is 11.4 Å². The van der Waals surface area contributed by atoms with Crippen LogP contribution in [0.5, 0.6) is 0 Å². The number of nitrogens with one attached hydrogen (secondary N) is 2. The summed E-state index contributed by atoms with van der Waals surface area (Å²) in [6.07, 6.45) is 2.07. The van der Waals surface area contributed by atoms with Crippen molar-refractivity contribution in [1.82, 2.24) is 34.0 Å². The molecule has 264 valence electrons. The molecule has 4 atom stereocenters. The maximum atomic E-state index is 13.5. The van der Waals surface area contributed by atoms with Crippen LogP contribution in [0.3, 0.4) is 0 Å². The van der Waals surface area contributed by atoms with Crippen LogP contribution in [0.15, 0.2) is 62.7 Å². The first-order chi connectivity index (χ1) is 24.0. The lowest BCUT2D eigenvalue weighted by molar-refractivity contribution is -0.128. The Morgan fingerprint density at radius 2 is 1.72 bits per heavy atom. The number of aryl methyl sites for hydroxylation is 2. The Labute approximate surface area is 297 Å². The highest BCUT2D eigenvalue weighted by atomic mass is 79.9. The molecule has 3 N–H and O–H groups in total. The summed E-state index contributed by atoms with van der Waals surface area (Å²) in [5.41, 5.74) is 4.51. The SMILES string of the molecule is CN1C[C@@H](Nc2cnn(C)c(=O)c2Br)C[C@@H](c2ccc(C(=O)N3CCN(c4ccc5c(c4)n(C)c(=O)n5C4CCC(=O)NC4O)CC3)cc2)C1. The highest BCUT2D eigenvalue weighted by molar-refractivity contribution is 9.10. The first kappa shape index (κ1) is 34.0. The number of amides is 2. The number of nitrogens with zero attached hydrogens (tertiary/aromatic N) is 7. The zero-order valence-electron chi connectivity index (χ0n) is 28.4. The molecule has 5 heterocycles. The molecule has 2 unspecified atom stereocenters. The molecule has 7 rings (SSSR count). The van der Waals surface area contributed by atoms with Crippen molar-refractivity contribution in [2.75, 3.05) is 56.5 Å². The van der Waals surface area contributed by atoms with Crippen LogP contribution >= 0.6 is 15.9 Å². The van der Waals surface area contributed by atoms with E-state index in [2.05, 4.69) is 60.6 Å². The predicted octanol–water partition coefficient (Wildman–Crippen LogP) is 1.83. The molecule has 0 radical (unpaired) electrons. The maximum Gasteiger partial charge on any atom is 0.329 e. The van der Waals surface area contributed by atoms with Crippen LogP contribution < -0.4 is 26.8 Å². The van der Waals surface area contributed by atoms with Crippen LogP contribution in [-0.4, -0.2) is 104 Å². The number of benzene rings is 2. The second-order valence-electron chi connectivity index (χ2n) is 13.7. The Bertz CT molecular complexity index is 2050.